The van der Waals surface area contributed by atoms with Gasteiger partial charge in [0.05, 0.1) is 12.9 Å². The Balaban J connectivity index is 2.51. The summed E-state index contributed by atoms with van der Waals surface area (Å²) in [6.45, 7) is 2.28. The molecule has 1 N–H and O–H groups in total. The molecule has 0 saturated heterocycles. The number of anilines is 1. The highest BCUT2D eigenvalue weighted by Crippen LogP contribution is 2.22. The van der Waals surface area contributed by atoms with Crippen molar-refractivity contribution in [2.45, 2.75) is 13.3 Å². The fourth-order valence-electron chi connectivity index (χ4n) is 1.29. The third-order valence-corrected chi connectivity index (χ3v) is 4.10. The molecule has 0 aromatic carbocycles. The van der Waals surface area contributed by atoms with Crippen molar-refractivity contribution in [3.05, 3.63) is 10.6 Å². The summed E-state index contributed by atoms with van der Waals surface area (Å²) >= 11 is 1.34. The predicted octanol–water partition coefficient (Wildman–Crippen LogP) is 1.08. The van der Waals surface area contributed by atoms with Crippen LogP contribution in [0.3, 0.4) is 0 Å². The first-order valence-electron chi connectivity index (χ1n) is 5.31. The van der Waals surface area contributed by atoms with Crippen LogP contribution in [-0.2, 0) is 14.6 Å². The smallest absolute Gasteiger partial charge is 0.357 e. The number of hydrogen-bond donors (Lipinski definition) is 1. The van der Waals surface area contributed by atoms with E-state index in [1.54, 1.807) is 6.92 Å². The molecule has 1 rings (SSSR count). The van der Waals surface area contributed by atoms with Gasteiger partial charge in [0.15, 0.2) is 10.8 Å². The van der Waals surface area contributed by atoms with Gasteiger partial charge in [-0.05, 0) is 13.3 Å². The second-order valence-corrected chi connectivity index (χ2v) is 7.29. The molecule has 0 atom stereocenters. The summed E-state index contributed by atoms with van der Waals surface area (Å²) in [4.78, 5) is 16.2. The van der Waals surface area contributed by atoms with Gasteiger partial charge in [-0.1, -0.05) is 0 Å². The monoisotopic (exact) mass is 292 g/mol. The Hall–Kier alpha value is -1.15. The quantitative estimate of drug-likeness (QED) is 0.624. The van der Waals surface area contributed by atoms with E-state index in [1.165, 1.54) is 24.7 Å². The Kier molecular flexibility index (Phi) is 5.09. The van der Waals surface area contributed by atoms with E-state index in [4.69, 9.17) is 0 Å². The van der Waals surface area contributed by atoms with Crippen LogP contribution in [0.15, 0.2) is 0 Å². The van der Waals surface area contributed by atoms with Gasteiger partial charge in [0, 0.05) is 17.7 Å². The van der Waals surface area contributed by atoms with Crippen LogP contribution in [-0.4, -0.2) is 45.0 Å². The molecular formula is C10H16N2O4S2. The van der Waals surface area contributed by atoms with Crippen molar-refractivity contribution >= 4 is 32.3 Å². The summed E-state index contributed by atoms with van der Waals surface area (Å²) in [6, 6.07) is 0. The maximum Gasteiger partial charge on any atom is 0.357 e. The number of aryl methyl sites for hydroxylation is 1. The number of aromatic nitrogens is 1. The highest BCUT2D eigenvalue weighted by Gasteiger charge is 2.15. The lowest BCUT2D eigenvalue weighted by Gasteiger charge is -2.01. The Labute approximate surface area is 110 Å². The molecule has 1 heterocycles. The summed E-state index contributed by atoms with van der Waals surface area (Å²) in [5.41, 5.74) is 0.299. The standard InChI is InChI=1S/C10H16N2O4S2/c1-7-8(9(13)16-2)12-10(17-7)11-5-4-6-18(3,14)15/h4-6H2,1-3H3,(H,11,12). The Morgan fingerprint density at radius 3 is 2.72 bits per heavy atom. The van der Waals surface area contributed by atoms with Crippen molar-refractivity contribution in [2.24, 2.45) is 0 Å². The molecule has 6 nitrogen and oxygen atoms in total. The van der Waals surface area contributed by atoms with Gasteiger partial charge in [-0.3, -0.25) is 0 Å². The zero-order valence-electron chi connectivity index (χ0n) is 10.5. The molecule has 1 aromatic heterocycles. The van der Waals surface area contributed by atoms with E-state index >= 15 is 0 Å². The van der Waals surface area contributed by atoms with Crippen LogP contribution in [0.1, 0.15) is 21.8 Å². The molecule has 0 aliphatic rings. The van der Waals surface area contributed by atoms with Crippen molar-refractivity contribution in [1.82, 2.24) is 4.98 Å². The van der Waals surface area contributed by atoms with Gasteiger partial charge < -0.3 is 10.1 Å². The molecule has 1 aromatic rings. The van der Waals surface area contributed by atoms with E-state index in [2.05, 4.69) is 15.0 Å². The van der Waals surface area contributed by atoms with Crippen LogP contribution >= 0.6 is 11.3 Å². The van der Waals surface area contributed by atoms with Gasteiger partial charge in [-0.15, -0.1) is 11.3 Å². The lowest BCUT2D eigenvalue weighted by Crippen LogP contribution is -2.10. The van der Waals surface area contributed by atoms with Crippen LogP contribution in [0.25, 0.3) is 0 Å². The van der Waals surface area contributed by atoms with Gasteiger partial charge in [-0.25, -0.2) is 18.2 Å². The Morgan fingerprint density at radius 1 is 1.50 bits per heavy atom. The number of esters is 1. The number of methoxy groups -OCH3 is 1. The summed E-state index contributed by atoms with van der Waals surface area (Å²) in [5.74, 6) is -0.332. The summed E-state index contributed by atoms with van der Waals surface area (Å²) in [6.07, 6.45) is 1.71. The summed E-state index contributed by atoms with van der Waals surface area (Å²) < 4.78 is 26.5. The molecule has 0 bridgehead atoms. The van der Waals surface area contributed by atoms with Crippen LogP contribution in [0, 0.1) is 6.92 Å². The van der Waals surface area contributed by atoms with E-state index in [9.17, 15) is 13.2 Å². The molecule has 0 spiro atoms. The minimum Gasteiger partial charge on any atom is -0.464 e. The number of nitrogens with zero attached hydrogens (tertiary/aromatic N) is 1. The first-order chi connectivity index (χ1) is 8.33. The largest absolute Gasteiger partial charge is 0.464 e. The maximum absolute atomic E-state index is 11.3. The number of nitrogens with one attached hydrogen (secondary N) is 1. The molecule has 0 aliphatic carbocycles. The first-order valence-corrected chi connectivity index (χ1v) is 8.18. The van der Waals surface area contributed by atoms with Crippen molar-refractivity contribution in [3.8, 4) is 0 Å². The van der Waals surface area contributed by atoms with Gasteiger partial charge in [0.25, 0.3) is 0 Å². The minimum absolute atomic E-state index is 0.133. The van der Waals surface area contributed by atoms with Crippen molar-refractivity contribution in [3.63, 3.8) is 0 Å². The highest BCUT2D eigenvalue weighted by molar-refractivity contribution is 7.90. The first kappa shape index (κ1) is 14.9. The van der Waals surface area contributed by atoms with Gasteiger partial charge in [-0.2, -0.15) is 0 Å². The van der Waals surface area contributed by atoms with Gasteiger partial charge >= 0.3 is 5.97 Å². The fourth-order valence-corrected chi connectivity index (χ4v) is 2.78. The average molecular weight is 292 g/mol. The SMILES string of the molecule is COC(=O)c1nc(NCCCS(C)(=O)=O)sc1C. The molecule has 8 heteroatoms. The van der Waals surface area contributed by atoms with E-state index in [0.717, 1.165) is 4.88 Å². The van der Waals surface area contributed by atoms with Crippen molar-refractivity contribution in [2.75, 3.05) is 31.0 Å². The third-order valence-electron chi connectivity index (χ3n) is 2.14. The second kappa shape index (κ2) is 6.14. The number of thiazole rings is 1. The molecule has 0 saturated carbocycles. The summed E-state index contributed by atoms with van der Waals surface area (Å²) in [5, 5.41) is 3.59. The van der Waals surface area contributed by atoms with Gasteiger partial charge in [0.1, 0.15) is 9.84 Å². The number of hydrogen-bond acceptors (Lipinski definition) is 7. The molecule has 0 aliphatic heterocycles. The van der Waals surface area contributed by atoms with E-state index in [-0.39, 0.29) is 5.75 Å². The third kappa shape index (κ3) is 4.61. The normalized spacial score (nSPS) is 11.3. The second-order valence-electron chi connectivity index (χ2n) is 3.83. The molecule has 0 radical (unpaired) electrons. The highest BCUT2D eigenvalue weighted by atomic mass is 32.2. The number of sulfone groups is 1. The van der Waals surface area contributed by atoms with E-state index in [1.807, 2.05) is 0 Å². The minimum atomic E-state index is -2.93. The Bertz CT molecular complexity index is 522. The maximum atomic E-state index is 11.3. The van der Waals surface area contributed by atoms with Crippen LogP contribution in [0.4, 0.5) is 5.13 Å². The summed E-state index contributed by atoms with van der Waals surface area (Å²) in [7, 11) is -1.62. The topological polar surface area (TPSA) is 85.4 Å². The lowest BCUT2D eigenvalue weighted by atomic mass is 10.4. The molecule has 0 fully saturated rings. The molecule has 0 amide bonds. The fraction of sp³-hybridized carbons (Fsp3) is 0.600. The molecular weight excluding hydrogens is 276 g/mol. The zero-order chi connectivity index (χ0) is 13.8. The predicted molar refractivity (Wildman–Crippen MR) is 71.0 cm³/mol. The average Bonchev–Trinajstić information content (AvgIpc) is 2.64. The van der Waals surface area contributed by atoms with E-state index in [0.29, 0.717) is 23.8 Å². The van der Waals surface area contributed by atoms with Crippen LogP contribution < -0.4 is 5.32 Å². The molecule has 0 unspecified atom stereocenters. The zero-order valence-corrected chi connectivity index (χ0v) is 12.2. The Morgan fingerprint density at radius 2 is 2.17 bits per heavy atom. The van der Waals surface area contributed by atoms with Crippen molar-refractivity contribution in [1.29, 1.82) is 0 Å². The number of carbonyl (C=O) groups is 1. The number of ether oxygens (including phenoxy) is 1. The van der Waals surface area contributed by atoms with Crippen molar-refractivity contribution < 1.29 is 17.9 Å². The van der Waals surface area contributed by atoms with Gasteiger partial charge in [0.2, 0.25) is 0 Å². The number of carbonyl (C=O) groups excluding carboxylic acids is 1. The van der Waals surface area contributed by atoms with E-state index < -0.39 is 15.8 Å². The lowest BCUT2D eigenvalue weighted by molar-refractivity contribution is 0.0594. The number of rotatable bonds is 6. The molecule has 18 heavy (non-hydrogen) atoms. The van der Waals surface area contributed by atoms with Crippen LogP contribution in [0.5, 0.6) is 0 Å². The molecule has 102 valence electrons. The van der Waals surface area contributed by atoms with Crippen LogP contribution in [0.2, 0.25) is 0 Å².